The van der Waals surface area contributed by atoms with Gasteiger partial charge in [0.05, 0.1) is 10.9 Å². The van der Waals surface area contributed by atoms with Gasteiger partial charge in [0, 0.05) is 15.4 Å². The lowest BCUT2D eigenvalue weighted by molar-refractivity contribution is 0.405. The summed E-state index contributed by atoms with van der Waals surface area (Å²) >= 11 is 8.93. The summed E-state index contributed by atoms with van der Waals surface area (Å²) in [7, 11) is 1.73. The van der Waals surface area contributed by atoms with Gasteiger partial charge >= 0.3 is 0 Å². The summed E-state index contributed by atoms with van der Waals surface area (Å²) in [6, 6.07) is 10.7. The largest absolute Gasteiger partial charge is 0.496 e. The summed E-state index contributed by atoms with van der Waals surface area (Å²) in [5.41, 5.74) is 1.23. The van der Waals surface area contributed by atoms with Gasteiger partial charge in [0.15, 0.2) is 0 Å². The van der Waals surface area contributed by atoms with Crippen molar-refractivity contribution in [2.24, 2.45) is 0 Å². The van der Waals surface area contributed by atoms with E-state index in [4.69, 9.17) is 4.74 Å². The normalized spacial score (nSPS) is 12.4. The smallest absolute Gasteiger partial charge is 0.122 e. The van der Waals surface area contributed by atoms with Gasteiger partial charge in [-0.3, -0.25) is 0 Å². The molecule has 21 heavy (non-hydrogen) atoms. The molecule has 1 heterocycles. The Kier molecular flexibility index (Phi) is 6.74. The molecular weight excluding hydrogens is 414 g/mol. The van der Waals surface area contributed by atoms with Crippen molar-refractivity contribution >= 4 is 43.2 Å². The van der Waals surface area contributed by atoms with Crippen molar-refractivity contribution in [3.63, 3.8) is 0 Å². The summed E-state index contributed by atoms with van der Waals surface area (Å²) in [5.74, 6) is 0.954. The molecule has 0 aliphatic rings. The fourth-order valence-electron chi connectivity index (χ4n) is 2.22. The lowest BCUT2D eigenvalue weighted by atomic mass is 10.0. The highest BCUT2D eigenvalue weighted by molar-refractivity contribution is 9.13. The van der Waals surface area contributed by atoms with Gasteiger partial charge in [-0.25, -0.2) is 0 Å². The topological polar surface area (TPSA) is 21.3 Å². The molecule has 1 aromatic carbocycles. The predicted molar refractivity (Wildman–Crippen MR) is 97.5 cm³/mol. The lowest BCUT2D eigenvalue weighted by Gasteiger charge is -2.18. The van der Waals surface area contributed by atoms with Gasteiger partial charge in [0.2, 0.25) is 0 Å². The zero-order valence-corrected chi connectivity index (χ0v) is 16.1. The number of ether oxygens (including phenoxy) is 1. The van der Waals surface area contributed by atoms with Crippen LogP contribution in [-0.2, 0) is 6.42 Å². The van der Waals surface area contributed by atoms with E-state index in [0.717, 1.165) is 33.4 Å². The van der Waals surface area contributed by atoms with E-state index in [1.807, 2.05) is 12.1 Å². The molecule has 0 bridgehead atoms. The van der Waals surface area contributed by atoms with Gasteiger partial charge in [-0.2, -0.15) is 0 Å². The molecular formula is C16H19Br2NOS. The highest BCUT2D eigenvalue weighted by atomic mass is 79.9. The van der Waals surface area contributed by atoms with Gasteiger partial charge in [-0.1, -0.05) is 25.1 Å². The number of thiophene rings is 1. The first-order chi connectivity index (χ1) is 10.2. The molecule has 0 fully saturated rings. The van der Waals surface area contributed by atoms with Crippen LogP contribution in [0.25, 0.3) is 0 Å². The van der Waals surface area contributed by atoms with E-state index < -0.39 is 0 Å². The standard InChI is InChI=1S/C16H19Br2NOS/c1-3-8-19-13(15-10-12(17)16(18)21-15)9-11-6-4-5-7-14(11)20-2/h4-7,10,13,19H,3,8-9H2,1-2H3. The third kappa shape index (κ3) is 4.55. The average molecular weight is 433 g/mol. The molecule has 2 aromatic rings. The predicted octanol–water partition coefficient (Wildman–Crippen LogP) is 5.57. The quantitative estimate of drug-likeness (QED) is 0.617. The minimum atomic E-state index is 0.300. The second-order valence-corrected chi connectivity index (χ2v) is 8.05. The molecule has 2 rings (SSSR count). The number of halogens is 2. The summed E-state index contributed by atoms with van der Waals surface area (Å²) in [6.45, 7) is 3.19. The Morgan fingerprint density at radius 2 is 2.05 bits per heavy atom. The van der Waals surface area contributed by atoms with E-state index in [-0.39, 0.29) is 0 Å². The van der Waals surface area contributed by atoms with Gasteiger partial charge in [0.1, 0.15) is 5.75 Å². The highest BCUT2D eigenvalue weighted by Gasteiger charge is 2.17. The number of para-hydroxylation sites is 1. The van der Waals surface area contributed by atoms with E-state index in [2.05, 4.69) is 62.3 Å². The molecule has 0 saturated carbocycles. The number of hydrogen-bond acceptors (Lipinski definition) is 3. The SMILES string of the molecule is CCCNC(Cc1ccccc1OC)c1cc(Br)c(Br)s1. The fraction of sp³-hybridized carbons (Fsp3) is 0.375. The first-order valence-electron chi connectivity index (χ1n) is 6.95. The van der Waals surface area contributed by atoms with E-state index in [1.165, 1.54) is 10.4 Å². The number of nitrogens with one attached hydrogen (secondary N) is 1. The van der Waals surface area contributed by atoms with Crippen LogP contribution in [0.5, 0.6) is 5.75 Å². The van der Waals surface area contributed by atoms with E-state index in [9.17, 15) is 0 Å². The highest BCUT2D eigenvalue weighted by Crippen LogP contribution is 2.37. The molecule has 0 aliphatic carbocycles. The monoisotopic (exact) mass is 431 g/mol. The van der Waals surface area contributed by atoms with Crippen LogP contribution in [0.3, 0.4) is 0 Å². The van der Waals surface area contributed by atoms with E-state index >= 15 is 0 Å². The first kappa shape index (κ1) is 17.0. The third-order valence-electron chi connectivity index (χ3n) is 3.26. The van der Waals surface area contributed by atoms with Crippen molar-refractivity contribution < 1.29 is 4.74 Å². The molecule has 0 saturated heterocycles. The third-order valence-corrected chi connectivity index (χ3v) is 6.63. The summed E-state index contributed by atoms with van der Waals surface area (Å²) in [5, 5.41) is 3.64. The Balaban J connectivity index is 2.23. The fourth-order valence-corrected chi connectivity index (χ4v) is 4.38. The van der Waals surface area contributed by atoms with Crippen LogP contribution in [0.4, 0.5) is 0 Å². The maximum Gasteiger partial charge on any atom is 0.122 e. The Labute approximate surface area is 147 Å². The molecule has 1 unspecified atom stereocenters. The van der Waals surface area contributed by atoms with Crippen molar-refractivity contribution in [1.29, 1.82) is 0 Å². The molecule has 0 spiro atoms. The van der Waals surface area contributed by atoms with Crippen LogP contribution >= 0.6 is 43.2 Å². The Morgan fingerprint density at radius 3 is 2.67 bits per heavy atom. The average Bonchev–Trinajstić information content (AvgIpc) is 2.83. The maximum absolute atomic E-state index is 5.47. The van der Waals surface area contributed by atoms with E-state index in [0.29, 0.717) is 6.04 Å². The summed E-state index contributed by atoms with van der Waals surface area (Å²) in [4.78, 5) is 1.33. The second kappa shape index (κ2) is 8.32. The van der Waals surface area contributed by atoms with Crippen molar-refractivity contribution in [1.82, 2.24) is 5.32 Å². The van der Waals surface area contributed by atoms with Crippen molar-refractivity contribution in [2.75, 3.05) is 13.7 Å². The summed E-state index contributed by atoms with van der Waals surface area (Å²) in [6.07, 6.45) is 2.04. The second-order valence-electron chi connectivity index (χ2n) is 4.79. The van der Waals surface area contributed by atoms with Crippen LogP contribution in [-0.4, -0.2) is 13.7 Å². The molecule has 0 aliphatic heterocycles. The Hall–Kier alpha value is -0.360. The van der Waals surface area contributed by atoms with Gasteiger partial charge in [0.25, 0.3) is 0 Å². The number of hydrogen-bond donors (Lipinski definition) is 1. The van der Waals surface area contributed by atoms with Crippen molar-refractivity contribution in [3.05, 3.63) is 49.0 Å². The molecule has 0 amide bonds. The number of rotatable bonds is 7. The molecule has 1 aromatic heterocycles. The minimum absolute atomic E-state index is 0.300. The Morgan fingerprint density at radius 1 is 1.29 bits per heavy atom. The minimum Gasteiger partial charge on any atom is -0.496 e. The maximum atomic E-state index is 5.47. The molecule has 2 nitrogen and oxygen atoms in total. The molecule has 114 valence electrons. The van der Waals surface area contributed by atoms with Crippen LogP contribution < -0.4 is 10.1 Å². The van der Waals surface area contributed by atoms with E-state index in [1.54, 1.807) is 18.4 Å². The van der Waals surface area contributed by atoms with Crippen LogP contribution in [0.1, 0.15) is 29.8 Å². The number of methoxy groups -OCH3 is 1. The summed E-state index contributed by atoms with van der Waals surface area (Å²) < 4.78 is 7.73. The molecule has 1 N–H and O–H groups in total. The van der Waals surface area contributed by atoms with Crippen molar-refractivity contribution in [2.45, 2.75) is 25.8 Å². The van der Waals surface area contributed by atoms with Gasteiger partial charge < -0.3 is 10.1 Å². The zero-order valence-electron chi connectivity index (χ0n) is 12.2. The zero-order chi connectivity index (χ0) is 15.2. The molecule has 0 radical (unpaired) electrons. The number of benzene rings is 1. The Bertz CT molecular complexity index is 566. The van der Waals surface area contributed by atoms with Crippen molar-refractivity contribution in [3.8, 4) is 5.75 Å². The van der Waals surface area contributed by atoms with Gasteiger partial charge in [-0.15, -0.1) is 11.3 Å². The first-order valence-corrected chi connectivity index (χ1v) is 9.36. The van der Waals surface area contributed by atoms with Crippen LogP contribution in [0, 0.1) is 0 Å². The van der Waals surface area contributed by atoms with Gasteiger partial charge in [-0.05, 0) is 68.9 Å². The molecule has 1 atom stereocenters. The lowest BCUT2D eigenvalue weighted by Crippen LogP contribution is -2.23. The van der Waals surface area contributed by atoms with Crippen LogP contribution in [0.15, 0.2) is 38.6 Å². The van der Waals surface area contributed by atoms with Crippen LogP contribution in [0.2, 0.25) is 0 Å². The molecule has 5 heteroatoms.